The number of carboxylic acids is 1. The van der Waals surface area contributed by atoms with Crippen LogP contribution in [0, 0.1) is 10.1 Å². The highest BCUT2D eigenvalue weighted by Gasteiger charge is 2.19. The molecule has 19 heavy (non-hydrogen) atoms. The summed E-state index contributed by atoms with van der Waals surface area (Å²) in [5.74, 6) is -1.36. The summed E-state index contributed by atoms with van der Waals surface area (Å²) in [5.41, 5.74) is -0.428. The van der Waals surface area contributed by atoms with E-state index < -0.39 is 10.9 Å². The highest BCUT2D eigenvalue weighted by molar-refractivity contribution is 5.88. The number of nitro benzene ring substituents is 1. The van der Waals surface area contributed by atoms with Crippen LogP contribution in [0.4, 0.5) is 5.69 Å². The van der Waals surface area contributed by atoms with Gasteiger partial charge in [0.15, 0.2) is 0 Å². The molecule has 0 saturated carbocycles. The normalized spacial score (nSPS) is 10.2. The molecule has 1 aromatic carbocycles. The Labute approximate surface area is 107 Å². The van der Waals surface area contributed by atoms with Crippen molar-refractivity contribution in [2.75, 3.05) is 0 Å². The van der Waals surface area contributed by atoms with Crippen LogP contribution >= 0.6 is 0 Å². The van der Waals surface area contributed by atoms with Crippen LogP contribution in [0.15, 0.2) is 30.6 Å². The zero-order valence-electron chi connectivity index (χ0n) is 9.81. The molecule has 8 heteroatoms. The number of aromatic carboxylic acids is 1. The van der Waals surface area contributed by atoms with Gasteiger partial charge >= 0.3 is 17.7 Å². The molecule has 1 N–H and O–H groups in total. The Morgan fingerprint density at radius 2 is 2.26 bits per heavy atom. The van der Waals surface area contributed by atoms with Crippen molar-refractivity contribution in [1.82, 2.24) is 9.55 Å². The van der Waals surface area contributed by atoms with Gasteiger partial charge in [-0.1, -0.05) is 0 Å². The third-order valence-corrected chi connectivity index (χ3v) is 2.38. The fraction of sp³-hybridized carbons (Fsp3) is 0.0909. The Hall–Kier alpha value is -2.90. The Kier molecular flexibility index (Phi) is 3.15. The first-order chi connectivity index (χ1) is 8.99. The maximum atomic E-state index is 10.9. The number of rotatable bonds is 4. The molecule has 0 aliphatic carbocycles. The van der Waals surface area contributed by atoms with Crippen molar-refractivity contribution >= 4 is 11.7 Å². The summed E-state index contributed by atoms with van der Waals surface area (Å²) in [5, 5.41) is 19.7. The predicted molar refractivity (Wildman–Crippen MR) is 63.3 cm³/mol. The second-order valence-electron chi connectivity index (χ2n) is 3.67. The molecule has 2 rings (SSSR count). The largest absolute Gasteiger partial charge is 0.478 e. The van der Waals surface area contributed by atoms with Gasteiger partial charge in [0.1, 0.15) is 0 Å². The standard InChI is InChI=1S/C11H9N3O5/c1-13-5-4-12-11(13)19-9-6-7(10(15)16)2-3-8(9)14(17)18/h2-6H,1H3,(H,15,16). The van der Waals surface area contributed by atoms with Gasteiger partial charge in [-0.3, -0.25) is 10.1 Å². The van der Waals surface area contributed by atoms with E-state index in [9.17, 15) is 14.9 Å². The quantitative estimate of drug-likeness (QED) is 0.665. The molecule has 0 radical (unpaired) electrons. The molecule has 1 aromatic heterocycles. The zero-order valence-corrected chi connectivity index (χ0v) is 9.81. The van der Waals surface area contributed by atoms with E-state index in [2.05, 4.69) is 4.98 Å². The van der Waals surface area contributed by atoms with Crippen LogP contribution in [-0.4, -0.2) is 25.6 Å². The van der Waals surface area contributed by atoms with Crippen LogP contribution in [0.5, 0.6) is 11.8 Å². The first-order valence-corrected chi connectivity index (χ1v) is 5.16. The molecular formula is C11H9N3O5. The number of benzene rings is 1. The van der Waals surface area contributed by atoms with E-state index in [0.717, 1.165) is 18.2 Å². The first kappa shape index (κ1) is 12.6. The van der Waals surface area contributed by atoms with Crippen molar-refractivity contribution in [3.8, 4) is 11.8 Å². The van der Waals surface area contributed by atoms with E-state index in [1.165, 1.54) is 10.8 Å². The molecular weight excluding hydrogens is 254 g/mol. The number of ether oxygens (including phenoxy) is 1. The van der Waals surface area contributed by atoms with Gasteiger partial charge in [-0.25, -0.2) is 9.78 Å². The average Bonchev–Trinajstić information content (AvgIpc) is 2.74. The number of nitro groups is 1. The molecule has 2 aromatic rings. The monoisotopic (exact) mass is 263 g/mol. The van der Waals surface area contributed by atoms with Crippen LogP contribution in [0.3, 0.4) is 0 Å². The second kappa shape index (κ2) is 4.77. The summed E-state index contributed by atoms with van der Waals surface area (Å²) in [6.07, 6.45) is 3.06. The molecule has 0 bridgehead atoms. The minimum absolute atomic E-state index is 0.102. The highest BCUT2D eigenvalue weighted by atomic mass is 16.6. The molecule has 1 heterocycles. The van der Waals surface area contributed by atoms with Gasteiger partial charge in [-0.05, 0) is 6.07 Å². The molecule has 8 nitrogen and oxygen atoms in total. The van der Waals surface area contributed by atoms with Gasteiger partial charge in [0.25, 0.3) is 0 Å². The summed E-state index contributed by atoms with van der Waals surface area (Å²) >= 11 is 0. The van der Waals surface area contributed by atoms with Crippen molar-refractivity contribution in [3.63, 3.8) is 0 Å². The summed E-state index contributed by atoms with van der Waals surface area (Å²) in [6, 6.07) is 3.45. The molecule has 0 amide bonds. The van der Waals surface area contributed by atoms with E-state index >= 15 is 0 Å². The number of aryl methyl sites for hydroxylation is 1. The summed E-state index contributed by atoms with van der Waals surface area (Å²) in [7, 11) is 1.65. The maximum Gasteiger partial charge on any atom is 0.335 e. The Morgan fingerprint density at radius 1 is 1.53 bits per heavy atom. The Morgan fingerprint density at radius 3 is 2.79 bits per heavy atom. The van der Waals surface area contributed by atoms with Crippen LogP contribution < -0.4 is 4.74 Å². The first-order valence-electron chi connectivity index (χ1n) is 5.16. The molecule has 0 atom stereocenters. The summed E-state index contributed by atoms with van der Waals surface area (Å²) < 4.78 is 6.79. The van der Waals surface area contributed by atoms with Gasteiger partial charge in [0.05, 0.1) is 10.5 Å². The number of aromatic nitrogens is 2. The molecule has 0 fully saturated rings. The van der Waals surface area contributed by atoms with E-state index in [4.69, 9.17) is 9.84 Å². The van der Waals surface area contributed by atoms with Crippen molar-refractivity contribution in [1.29, 1.82) is 0 Å². The van der Waals surface area contributed by atoms with Gasteiger partial charge in [0, 0.05) is 31.6 Å². The number of carbonyl (C=O) groups is 1. The van der Waals surface area contributed by atoms with Crippen LogP contribution in [0.1, 0.15) is 10.4 Å². The van der Waals surface area contributed by atoms with E-state index in [1.807, 2.05) is 0 Å². The van der Waals surface area contributed by atoms with Gasteiger partial charge < -0.3 is 14.4 Å². The van der Waals surface area contributed by atoms with E-state index in [1.54, 1.807) is 13.2 Å². The molecule has 98 valence electrons. The van der Waals surface area contributed by atoms with Crippen molar-refractivity contribution in [3.05, 3.63) is 46.3 Å². The maximum absolute atomic E-state index is 10.9. The number of imidazole rings is 1. The van der Waals surface area contributed by atoms with Crippen LogP contribution in [0.2, 0.25) is 0 Å². The number of nitrogens with zero attached hydrogens (tertiary/aromatic N) is 3. The molecule has 0 saturated heterocycles. The summed E-state index contributed by atoms with van der Waals surface area (Å²) in [4.78, 5) is 24.9. The van der Waals surface area contributed by atoms with Crippen LogP contribution in [0.25, 0.3) is 0 Å². The number of hydrogen-bond donors (Lipinski definition) is 1. The smallest absolute Gasteiger partial charge is 0.335 e. The third kappa shape index (κ3) is 2.51. The molecule has 0 aliphatic heterocycles. The minimum atomic E-state index is -1.19. The lowest BCUT2D eigenvalue weighted by atomic mass is 10.2. The zero-order chi connectivity index (χ0) is 14.0. The number of hydrogen-bond acceptors (Lipinski definition) is 5. The van der Waals surface area contributed by atoms with Gasteiger partial charge in [-0.15, -0.1) is 0 Å². The highest BCUT2D eigenvalue weighted by Crippen LogP contribution is 2.31. The predicted octanol–water partition coefficient (Wildman–Crippen LogP) is 1.82. The molecule has 0 aliphatic rings. The van der Waals surface area contributed by atoms with E-state index in [-0.39, 0.29) is 23.0 Å². The fourth-order valence-corrected chi connectivity index (χ4v) is 1.43. The lowest BCUT2D eigenvalue weighted by Crippen LogP contribution is -2.01. The van der Waals surface area contributed by atoms with E-state index in [0.29, 0.717) is 0 Å². The van der Waals surface area contributed by atoms with Crippen molar-refractivity contribution in [2.24, 2.45) is 7.05 Å². The SMILES string of the molecule is Cn1ccnc1Oc1cc(C(=O)O)ccc1[N+](=O)[O-]. The fourth-order valence-electron chi connectivity index (χ4n) is 1.43. The lowest BCUT2D eigenvalue weighted by Gasteiger charge is -2.06. The molecule has 0 unspecified atom stereocenters. The second-order valence-corrected chi connectivity index (χ2v) is 3.67. The van der Waals surface area contributed by atoms with Crippen molar-refractivity contribution < 1.29 is 19.6 Å². The Bertz CT molecular complexity index is 650. The topological polar surface area (TPSA) is 107 Å². The van der Waals surface area contributed by atoms with Gasteiger partial charge in [0.2, 0.25) is 5.75 Å². The average molecular weight is 263 g/mol. The van der Waals surface area contributed by atoms with Crippen LogP contribution in [-0.2, 0) is 7.05 Å². The summed E-state index contributed by atoms with van der Waals surface area (Å²) in [6.45, 7) is 0. The molecule has 0 spiro atoms. The Balaban J connectivity index is 2.46. The minimum Gasteiger partial charge on any atom is -0.478 e. The van der Waals surface area contributed by atoms with Gasteiger partial charge in [-0.2, -0.15) is 0 Å². The number of carboxylic acid groups (broad SMARTS) is 1. The third-order valence-electron chi connectivity index (χ3n) is 2.38. The lowest BCUT2D eigenvalue weighted by molar-refractivity contribution is -0.385. The van der Waals surface area contributed by atoms with Crippen molar-refractivity contribution in [2.45, 2.75) is 0 Å².